The molecule has 2 rings (SSSR count). The van der Waals surface area contributed by atoms with Crippen LogP contribution in [0.1, 0.15) is 30.1 Å². The lowest BCUT2D eigenvalue weighted by Crippen LogP contribution is -2.48. The van der Waals surface area contributed by atoms with Crippen LogP contribution in [0.5, 0.6) is 0 Å². The highest BCUT2D eigenvalue weighted by atomic mass is 16.7. The summed E-state index contributed by atoms with van der Waals surface area (Å²) < 4.78 is 4.81. The van der Waals surface area contributed by atoms with Crippen LogP contribution in [0.3, 0.4) is 0 Å². The highest BCUT2D eigenvalue weighted by Gasteiger charge is 2.45. The highest BCUT2D eigenvalue weighted by molar-refractivity contribution is 6.03. The molecule has 1 atom stereocenters. The van der Waals surface area contributed by atoms with E-state index < -0.39 is 28.4 Å². The first kappa shape index (κ1) is 15.5. The van der Waals surface area contributed by atoms with Gasteiger partial charge >= 0.3 is 6.16 Å². The number of anilines is 1. The molecule has 1 aliphatic heterocycles. The average Bonchev–Trinajstić information content (AvgIpc) is 2.78. The fourth-order valence-corrected chi connectivity index (χ4v) is 2.62. The van der Waals surface area contributed by atoms with Crippen LogP contribution in [0.4, 0.5) is 16.2 Å². The SMILES string of the molecule is C[C@@]1(OC(=O)O)CCCN1C(=O)c1c(N)cccc1[N+](=O)[O-]. The molecule has 1 fully saturated rings. The number of rotatable bonds is 3. The summed E-state index contributed by atoms with van der Waals surface area (Å²) in [5.74, 6) is -0.717. The van der Waals surface area contributed by atoms with E-state index in [9.17, 15) is 19.7 Å². The molecule has 3 N–H and O–H groups in total. The van der Waals surface area contributed by atoms with Gasteiger partial charge in [-0.05, 0) is 19.4 Å². The van der Waals surface area contributed by atoms with E-state index in [1.165, 1.54) is 30.0 Å². The van der Waals surface area contributed by atoms with Gasteiger partial charge in [-0.3, -0.25) is 14.9 Å². The smallest absolute Gasteiger partial charge is 0.450 e. The Bertz CT molecular complexity index is 647. The third kappa shape index (κ3) is 2.65. The minimum atomic E-state index is -1.52. The molecule has 9 heteroatoms. The standard InChI is InChI=1S/C13H15N3O6/c1-13(22-12(18)19)6-3-7-15(13)11(17)10-8(14)4-2-5-9(10)16(20)21/h2,4-5H,3,6-7,14H2,1H3,(H,18,19)/t13-/m1/s1. The molecule has 0 radical (unpaired) electrons. The lowest BCUT2D eigenvalue weighted by atomic mass is 10.1. The first-order valence-electron chi connectivity index (χ1n) is 6.53. The number of nitrogens with zero attached hydrogens (tertiary/aromatic N) is 2. The van der Waals surface area contributed by atoms with Crippen LogP contribution in [0.25, 0.3) is 0 Å². The molecule has 1 aliphatic rings. The number of hydrogen-bond acceptors (Lipinski definition) is 6. The number of carbonyl (C=O) groups is 2. The Kier molecular flexibility index (Phi) is 3.89. The monoisotopic (exact) mass is 309 g/mol. The van der Waals surface area contributed by atoms with Crippen molar-refractivity contribution in [3.05, 3.63) is 33.9 Å². The number of nitro benzene ring substituents is 1. The molecule has 0 aromatic heterocycles. The summed E-state index contributed by atoms with van der Waals surface area (Å²) in [6.45, 7) is 1.69. The fraction of sp³-hybridized carbons (Fsp3) is 0.385. The summed E-state index contributed by atoms with van der Waals surface area (Å²) in [5.41, 5.74) is 3.63. The van der Waals surface area contributed by atoms with Gasteiger partial charge in [0.25, 0.3) is 11.6 Å². The number of nitro groups is 1. The van der Waals surface area contributed by atoms with Crippen molar-refractivity contribution in [2.75, 3.05) is 12.3 Å². The van der Waals surface area contributed by atoms with Crippen molar-refractivity contribution in [1.29, 1.82) is 0 Å². The Labute approximate surface area is 125 Å². The molecule has 1 aromatic rings. The number of ether oxygens (including phenoxy) is 1. The van der Waals surface area contributed by atoms with Crippen LogP contribution < -0.4 is 5.73 Å². The normalized spacial score (nSPS) is 20.7. The number of carboxylic acid groups (broad SMARTS) is 1. The molecule has 1 amide bonds. The Hall–Kier alpha value is -2.84. The molecule has 0 aliphatic carbocycles. The fourth-order valence-electron chi connectivity index (χ4n) is 2.62. The van der Waals surface area contributed by atoms with Crippen molar-refractivity contribution in [2.45, 2.75) is 25.5 Å². The van der Waals surface area contributed by atoms with Crippen LogP contribution in [-0.2, 0) is 4.74 Å². The van der Waals surface area contributed by atoms with E-state index in [4.69, 9.17) is 15.6 Å². The highest BCUT2D eigenvalue weighted by Crippen LogP contribution is 2.35. The van der Waals surface area contributed by atoms with Gasteiger partial charge in [0.1, 0.15) is 5.56 Å². The largest absolute Gasteiger partial charge is 0.507 e. The van der Waals surface area contributed by atoms with Crippen molar-refractivity contribution in [1.82, 2.24) is 4.90 Å². The molecule has 1 heterocycles. The Morgan fingerprint density at radius 1 is 1.50 bits per heavy atom. The van der Waals surface area contributed by atoms with E-state index in [1.54, 1.807) is 0 Å². The van der Waals surface area contributed by atoms with Gasteiger partial charge in [-0.1, -0.05) is 6.07 Å². The minimum Gasteiger partial charge on any atom is -0.450 e. The molecule has 0 unspecified atom stereocenters. The molecule has 1 aromatic carbocycles. The van der Waals surface area contributed by atoms with Crippen LogP contribution >= 0.6 is 0 Å². The lowest BCUT2D eigenvalue weighted by molar-refractivity contribution is -0.385. The van der Waals surface area contributed by atoms with Gasteiger partial charge < -0.3 is 20.5 Å². The first-order valence-corrected chi connectivity index (χ1v) is 6.53. The summed E-state index contributed by atoms with van der Waals surface area (Å²) in [6, 6.07) is 3.93. The number of hydrogen-bond donors (Lipinski definition) is 2. The summed E-state index contributed by atoms with van der Waals surface area (Å²) >= 11 is 0. The minimum absolute atomic E-state index is 0.0382. The van der Waals surface area contributed by atoms with E-state index >= 15 is 0 Å². The van der Waals surface area contributed by atoms with Gasteiger partial charge in [0, 0.05) is 19.0 Å². The molecule has 0 bridgehead atoms. The molecular weight excluding hydrogens is 294 g/mol. The molecule has 0 spiro atoms. The van der Waals surface area contributed by atoms with Crippen LogP contribution in [0.15, 0.2) is 18.2 Å². The number of nitrogens with two attached hydrogens (primary N) is 1. The molecular formula is C13H15N3O6. The zero-order valence-electron chi connectivity index (χ0n) is 11.8. The van der Waals surface area contributed by atoms with Gasteiger partial charge in [0.15, 0.2) is 5.72 Å². The van der Waals surface area contributed by atoms with E-state index in [1.807, 2.05) is 0 Å². The number of likely N-dealkylation sites (tertiary alicyclic amines) is 1. The number of carbonyl (C=O) groups excluding carboxylic acids is 1. The zero-order chi connectivity index (χ0) is 16.5. The Morgan fingerprint density at radius 3 is 2.77 bits per heavy atom. The molecule has 118 valence electrons. The summed E-state index contributed by atoms with van der Waals surface area (Å²) in [7, 11) is 0. The number of nitrogen functional groups attached to an aromatic ring is 1. The van der Waals surface area contributed by atoms with Gasteiger partial charge in [-0.2, -0.15) is 0 Å². The number of amides is 1. The average molecular weight is 309 g/mol. The van der Waals surface area contributed by atoms with Gasteiger partial charge in [0.05, 0.1) is 10.6 Å². The lowest BCUT2D eigenvalue weighted by Gasteiger charge is -2.33. The van der Waals surface area contributed by atoms with Crippen molar-refractivity contribution in [3.63, 3.8) is 0 Å². The Morgan fingerprint density at radius 2 is 2.18 bits per heavy atom. The van der Waals surface area contributed by atoms with E-state index in [2.05, 4.69) is 0 Å². The first-order chi connectivity index (χ1) is 10.3. The molecule has 1 saturated heterocycles. The third-order valence-electron chi connectivity index (χ3n) is 3.63. The molecule has 9 nitrogen and oxygen atoms in total. The summed E-state index contributed by atoms with van der Waals surface area (Å²) in [6.07, 6.45) is -0.681. The summed E-state index contributed by atoms with van der Waals surface area (Å²) in [4.78, 5) is 35.0. The predicted octanol–water partition coefficient (Wildman–Crippen LogP) is 1.82. The second-order valence-electron chi connectivity index (χ2n) is 5.10. The third-order valence-corrected chi connectivity index (χ3v) is 3.63. The maximum absolute atomic E-state index is 12.7. The topological polar surface area (TPSA) is 136 Å². The van der Waals surface area contributed by atoms with Crippen molar-refractivity contribution in [3.8, 4) is 0 Å². The predicted molar refractivity (Wildman–Crippen MR) is 75.3 cm³/mol. The van der Waals surface area contributed by atoms with E-state index in [0.717, 1.165) is 0 Å². The number of benzene rings is 1. The zero-order valence-corrected chi connectivity index (χ0v) is 11.8. The van der Waals surface area contributed by atoms with Gasteiger partial charge in [-0.25, -0.2) is 4.79 Å². The van der Waals surface area contributed by atoms with Crippen molar-refractivity contribution < 1.29 is 24.4 Å². The summed E-state index contributed by atoms with van der Waals surface area (Å²) in [5, 5.41) is 19.9. The molecule has 0 saturated carbocycles. The maximum atomic E-state index is 12.7. The van der Waals surface area contributed by atoms with Gasteiger partial charge in [-0.15, -0.1) is 0 Å². The van der Waals surface area contributed by atoms with E-state index in [0.29, 0.717) is 12.8 Å². The second-order valence-corrected chi connectivity index (χ2v) is 5.10. The van der Waals surface area contributed by atoms with Crippen LogP contribution in [-0.4, -0.2) is 39.3 Å². The van der Waals surface area contributed by atoms with Crippen molar-refractivity contribution in [2.24, 2.45) is 0 Å². The van der Waals surface area contributed by atoms with Crippen LogP contribution in [0.2, 0.25) is 0 Å². The van der Waals surface area contributed by atoms with Crippen molar-refractivity contribution >= 4 is 23.4 Å². The molecule has 22 heavy (non-hydrogen) atoms. The Balaban J connectivity index is 2.44. The van der Waals surface area contributed by atoms with E-state index in [-0.39, 0.29) is 17.8 Å². The quantitative estimate of drug-likeness (QED) is 0.376. The van der Waals surface area contributed by atoms with Crippen LogP contribution in [0, 0.1) is 10.1 Å². The second kappa shape index (κ2) is 5.51. The maximum Gasteiger partial charge on any atom is 0.507 e. The van der Waals surface area contributed by atoms with Gasteiger partial charge in [0.2, 0.25) is 0 Å².